The van der Waals surface area contributed by atoms with Crippen molar-refractivity contribution in [3.05, 3.63) is 47.0 Å². The van der Waals surface area contributed by atoms with E-state index in [-0.39, 0.29) is 30.6 Å². The molecular weight excluding hydrogens is 458 g/mol. The highest BCUT2D eigenvalue weighted by Gasteiger charge is 2.44. The molecule has 0 saturated heterocycles. The van der Waals surface area contributed by atoms with Crippen molar-refractivity contribution in [2.75, 3.05) is 0 Å². The van der Waals surface area contributed by atoms with E-state index in [1.807, 2.05) is 32.9 Å². The van der Waals surface area contributed by atoms with Crippen LogP contribution >= 0.6 is 0 Å². The second-order valence-corrected chi connectivity index (χ2v) is 10.1. The van der Waals surface area contributed by atoms with Crippen molar-refractivity contribution in [1.29, 1.82) is 0 Å². The molecule has 2 aromatic carbocycles. The van der Waals surface area contributed by atoms with Crippen LogP contribution in [0, 0.1) is 0 Å². The first-order chi connectivity index (χ1) is 15.9. The lowest BCUT2D eigenvalue weighted by molar-refractivity contribution is -0.137. The van der Waals surface area contributed by atoms with Crippen LogP contribution < -0.4 is 0 Å². The normalized spacial score (nSPS) is 14.5. The number of aliphatic imine (C=N–C) groups is 1. The fourth-order valence-corrected chi connectivity index (χ4v) is 5.19. The molecule has 34 heavy (non-hydrogen) atoms. The molecule has 0 spiro atoms. The molecule has 0 radical (unpaired) electrons. The number of benzene rings is 2. The van der Waals surface area contributed by atoms with Crippen molar-refractivity contribution in [3.63, 3.8) is 0 Å². The molecule has 0 bridgehead atoms. The second-order valence-electron chi connectivity index (χ2n) is 8.63. The van der Waals surface area contributed by atoms with Crippen molar-refractivity contribution in [2.45, 2.75) is 69.6 Å². The van der Waals surface area contributed by atoms with Gasteiger partial charge in [0.1, 0.15) is 0 Å². The van der Waals surface area contributed by atoms with Gasteiger partial charge in [-0.25, -0.2) is 0 Å². The van der Waals surface area contributed by atoms with Crippen LogP contribution in [0.1, 0.15) is 69.6 Å². The Morgan fingerprint density at radius 2 is 1.53 bits per heavy atom. The number of fused-ring (bicyclic) bond motifs is 3. The van der Waals surface area contributed by atoms with Crippen LogP contribution in [-0.2, 0) is 31.5 Å². The average molecular weight is 488 g/mol. The summed E-state index contributed by atoms with van der Waals surface area (Å²) in [5.41, 5.74) is 4.32. The number of hydrogen-bond donors (Lipinski definition) is 3. The van der Waals surface area contributed by atoms with Gasteiger partial charge >= 0.3 is 11.9 Å². The molecule has 0 fully saturated rings. The van der Waals surface area contributed by atoms with Gasteiger partial charge in [-0.1, -0.05) is 19.9 Å². The summed E-state index contributed by atoms with van der Waals surface area (Å²) in [5.74, 6) is -2.08. The third kappa shape index (κ3) is 4.90. The molecule has 3 N–H and O–H groups in total. The highest BCUT2D eigenvalue weighted by molar-refractivity contribution is 7.85. The molecule has 9 heteroatoms. The van der Waals surface area contributed by atoms with E-state index in [0.717, 1.165) is 34.5 Å². The maximum absolute atomic E-state index is 11.9. The molecule has 182 valence electrons. The van der Waals surface area contributed by atoms with Crippen LogP contribution in [-0.4, -0.2) is 40.8 Å². The molecule has 2 aromatic rings. The summed E-state index contributed by atoms with van der Waals surface area (Å²) in [4.78, 5) is 27.6. The van der Waals surface area contributed by atoms with Crippen LogP contribution in [0.15, 0.2) is 40.2 Å². The minimum absolute atomic E-state index is 0.0753. The fourth-order valence-electron chi connectivity index (χ4n) is 4.69. The van der Waals surface area contributed by atoms with E-state index in [9.17, 15) is 32.8 Å². The van der Waals surface area contributed by atoms with Crippen molar-refractivity contribution in [1.82, 2.24) is 0 Å². The Morgan fingerprint density at radius 3 is 2.03 bits per heavy atom. The van der Waals surface area contributed by atoms with Crippen LogP contribution in [0.5, 0.6) is 0 Å². The Balaban J connectivity index is 2.39. The molecule has 0 aromatic heterocycles. The van der Waals surface area contributed by atoms with Gasteiger partial charge in [0.2, 0.25) is 0 Å². The highest BCUT2D eigenvalue weighted by atomic mass is 32.2. The Morgan fingerprint density at radius 1 is 0.941 bits per heavy atom. The van der Waals surface area contributed by atoms with E-state index in [1.54, 1.807) is 6.07 Å². The predicted octanol–water partition coefficient (Wildman–Crippen LogP) is 4.99. The second kappa shape index (κ2) is 9.68. The topological polar surface area (TPSA) is 141 Å². The van der Waals surface area contributed by atoms with Crippen molar-refractivity contribution in [3.8, 4) is 11.1 Å². The number of carboxylic acids is 2. The number of aliphatic carboxylic acids is 2. The van der Waals surface area contributed by atoms with Gasteiger partial charge in [-0.05, 0) is 84.7 Å². The van der Waals surface area contributed by atoms with Crippen molar-refractivity contribution in [2.24, 2.45) is 4.99 Å². The van der Waals surface area contributed by atoms with Crippen LogP contribution in [0.3, 0.4) is 0 Å². The molecule has 0 unspecified atom stereocenters. The lowest BCUT2D eigenvalue weighted by Gasteiger charge is -2.32. The zero-order chi connectivity index (χ0) is 25.3. The van der Waals surface area contributed by atoms with E-state index in [2.05, 4.69) is 0 Å². The fraction of sp³-hybridized carbons (Fsp3) is 0.400. The van der Waals surface area contributed by atoms with Gasteiger partial charge in [0, 0.05) is 24.0 Å². The first kappa shape index (κ1) is 25.6. The number of carbonyl (C=O) groups is 2. The predicted molar refractivity (Wildman–Crippen MR) is 129 cm³/mol. The number of nitrogens with zero attached hydrogens (tertiary/aromatic N) is 1. The van der Waals surface area contributed by atoms with Crippen LogP contribution in [0.2, 0.25) is 0 Å². The SMILES string of the molecule is CC/C(C)=N\c1cc2c(cc1CC)-c1ccc(S(=O)(=O)O)cc1C2(CCC(=O)O)CCC(=O)O. The summed E-state index contributed by atoms with van der Waals surface area (Å²) < 4.78 is 33.5. The Kier molecular flexibility index (Phi) is 7.28. The first-order valence-corrected chi connectivity index (χ1v) is 12.6. The smallest absolute Gasteiger partial charge is 0.303 e. The van der Waals surface area contributed by atoms with Gasteiger partial charge in [-0.2, -0.15) is 8.42 Å². The van der Waals surface area contributed by atoms with Gasteiger partial charge in [-0.3, -0.25) is 19.1 Å². The summed E-state index contributed by atoms with van der Waals surface area (Å²) in [5, 5.41) is 18.9. The van der Waals surface area contributed by atoms with E-state index < -0.39 is 27.5 Å². The molecule has 1 aliphatic carbocycles. The summed E-state index contributed by atoms with van der Waals surface area (Å²) in [7, 11) is -4.52. The first-order valence-electron chi connectivity index (χ1n) is 11.2. The van der Waals surface area contributed by atoms with Crippen LogP contribution in [0.25, 0.3) is 11.1 Å². The summed E-state index contributed by atoms with van der Waals surface area (Å²) in [6.07, 6.45) is 1.12. The summed E-state index contributed by atoms with van der Waals surface area (Å²) in [6, 6.07) is 8.12. The molecule has 0 heterocycles. The minimum Gasteiger partial charge on any atom is -0.481 e. The lowest BCUT2D eigenvalue weighted by atomic mass is 9.71. The quantitative estimate of drug-likeness (QED) is 0.316. The molecule has 0 aliphatic heterocycles. The maximum atomic E-state index is 11.9. The molecule has 8 nitrogen and oxygen atoms in total. The van der Waals surface area contributed by atoms with Crippen LogP contribution in [0.4, 0.5) is 5.69 Å². The molecule has 0 saturated carbocycles. The molecule has 3 rings (SSSR count). The van der Waals surface area contributed by atoms with Gasteiger partial charge in [-0.15, -0.1) is 0 Å². The summed E-state index contributed by atoms with van der Waals surface area (Å²) in [6.45, 7) is 5.91. The van der Waals surface area contributed by atoms with Gasteiger partial charge < -0.3 is 10.2 Å². The minimum atomic E-state index is -4.52. The third-order valence-electron chi connectivity index (χ3n) is 6.56. The van der Waals surface area contributed by atoms with E-state index in [0.29, 0.717) is 17.5 Å². The molecular formula is C25H29NO7S. The molecule has 0 atom stereocenters. The van der Waals surface area contributed by atoms with E-state index in [1.165, 1.54) is 12.1 Å². The van der Waals surface area contributed by atoms with Gasteiger partial charge in [0.25, 0.3) is 10.1 Å². The Labute approximate surface area is 199 Å². The standard InChI is InChI=1S/C25H29NO7S/c1-4-15(3)26-22-14-21-19(12-16(22)5-2)18-7-6-17(34(31,32)33)13-20(18)25(21,10-8-23(27)28)11-9-24(29)30/h6-7,12-14H,4-5,8-11H2,1-3H3,(H,27,28)(H,29,30)(H,31,32,33)/b26-15-. The average Bonchev–Trinajstić information content (AvgIpc) is 3.03. The van der Waals surface area contributed by atoms with Crippen molar-refractivity contribution >= 4 is 33.5 Å². The molecule has 1 aliphatic rings. The zero-order valence-electron chi connectivity index (χ0n) is 19.5. The largest absolute Gasteiger partial charge is 0.481 e. The molecule has 0 amide bonds. The number of aryl methyl sites for hydroxylation is 1. The Bertz CT molecular complexity index is 1260. The number of carboxylic acid groups (broad SMARTS) is 2. The number of hydrogen-bond acceptors (Lipinski definition) is 5. The third-order valence-corrected chi connectivity index (χ3v) is 7.41. The number of rotatable bonds is 10. The van der Waals surface area contributed by atoms with E-state index in [4.69, 9.17) is 4.99 Å². The van der Waals surface area contributed by atoms with Crippen molar-refractivity contribution < 1.29 is 32.8 Å². The Hall–Kier alpha value is -3.04. The maximum Gasteiger partial charge on any atom is 0.303 e. The van der Waals surface area contributed by atoms with Gasteiger partial charge in [0.05, 0.1) is 10.6 Å². The van der Waals surface area contributed by atoms with E-state index >= 15 is 0 Å². The summed E-state index contributed by atoms with van der Waals surface area (Å²) >= 11 is 0. The van der Waals surface area contributed by atoms with Gasteiger partial charge in [0.15, 0.2) is 0 Å². The lowest BCUT2D eigenvalue weighted by Crippen LogP contribution is -2.28. The monoisotopic (exact) mass is 487 g/mol. The highest BCUT2D eigenvalue weighted by Crippen LogP contribution is 2.55. The zero-order valence-corrected chi connectivity index (χ0v) is 20.3.